The van der Waals surface area contributed by atoms with Gasteiger partial charge in [0, 0.05) is 18.9 Å². The molecule has 0 aliphatic carbocycles. The number of hydrogen-bond donors (Lipinski definition) is 2. The van der Waals surface area contributed by atoms with Gasteiger partial charge in [-0.25, -0.2) is 0 Å². The number of ether oxygens (including phenoxy) is 1. The van der Waals surface area contributed by atoms with Crippen LogP contribution >= 0.6 is 0 Å². The predicted molar refractivity (Wildman–Crippen MR) is 126 cm³/mol. The van der Waals surface area contributed by atoms with Crippen LogP contribution in [0.1, 0.15) is 21.5 Å². The lowest BCUT2D eigenvalue weighted by molar-refractivity contribution is -0.119. The summed E-state index contributed by atoms with van der Waals surface area (Å²) in [5.74, 6) is -0.580. The predicted octanol–water partition coefficient (Wildman–Crippen LogP) is 3.39. The molecular formula is C26H24N4O3. The molecule has 33 heavy (non-hydrogen) atoms. The molecule has 0 unspecified atom stereocenters. The van der Waals surface area contributed by atoms with Gasteiger partial charge < -0.3 is 15.8 Å². The summed E-state index contributed by atoms with van der Waals surface area (Å²) in [7, 11) is 0. The first-order chi connectivity index (χ1) is 16.1. The topological polar surface area (TPSA) is 99.2 Å². The molecule has 2 amide bonds. The van der Waals surface area contributed by atoms with Crippen molar-refractivity contribution < 1.29 is 14.3 Å². The van der Waals surface area contributed by atoms with Crippen LogP contribution in [0.2, 0.25) is 0 Å². The van der Waals surface area contributed by atoms with Gasteiger partial charge in [0.05, 0.1) is 12.1 Å². The molecule has 0 fully saturated rings. The monoisotopic (exact) mass is 440 g/mol. The first kappa shape index (κ1) is 21.8. The summed E-state index contributed by atoms with van der Waals surface area (Å²) in [6, 6.07) is 24.9. The molecule has 0 atom stereocenters. The van der Waals surface area contributed by atoms with E-state index in [2.05, 4.69) is 34.7 Å². The quantitative estimate of drug-likeness (QED) is 0.417. The number of nitrogens with zero attached hydrogens (tertiary/aromatic N) is 2. The van der Waals surface area contributed by atoms with Gasteiger partial charge >= 0.3 is 0 Å². The molecule has 0 spiro atoms. The largest absolute Gasteiger partial charge is 0.483 e. The molecule has 1 aromatic heterocycles. The third-order valence-electron chi connectivity index (χ3n) is 5.13. The number of benzene rings is 3. The Hall–Kier alpha value is -4.39. The van der Waals surface area contributed by atoms with Crippen LogP contribution in [-0.4, -0.2) is 28.2 Å². The fourth-order valence-corrected chi connectivity index (χ4v) is 3.53. The standard InChI is InChI=1S/C26H24N4O3/c27-25(31)18-33-24-9-4-3-8-23(24)26(32)28-16-21-6-1-2-7-22(21)20-12-10-19(11-13-20)17-30-15-5-14-29-30/h1-15H,16-18H2,(H2,27,31)(H,28,32). The van der Waals surface area contributed by atoms with Gasteiger partial charge in [-0.1, -0.05) is 60.7 Å². The average molecular weight is 441 g/mol. The maximum absolute atomic E-state index is 12.8. The van der Waals surface area contributed by atoms with Gasteiger partial charge in [0.2, 0.25) is 0 Å². The number of para-hydroxylation sites is 1. The Labute approximate surface area is 191 Å². The van der Waals surface area contributed by atoms with E-state index in [1.807, 2.05) is 41.2 Å². The summed E-state index contributed by atoms with van der Waals surface area (Å²) in [4.78, 5) is 23.8. The fraction of sp³-hybridized carbons (Fsp3) is 0.115. The molecule has 1 heterocycles. The first-order valence-electron chi connectivity index (χ1n) is 10.5. The number of nitrogens with two attached hydrogens (primary N) is 1. The molecule has 7 nitrogen and oxygen atoms in total. The second-order valence-electron chi connectivity index (χ2n) is 7.49. The third kappa shape index (κ3) is 5.65. The normalized spacial score (nSPS) is 10.5. The van der Waals surface area contributed by atoms with Crippen LogP contribution in [0.4, 0.5) is 0 Å². The number of primary amides is 1. The summed E-state index contributed by atoms with van der Waals surface area (Å²) < 4.78 is 7.25. The average Bonchev–Trinajstić information content (AvgIpc) is 3.35. The van der Waals surface area contributed by atoms with Crippen molar-refractivity contribution in [1.29, 1.82) is 0 Å². The van der Waals surface area contributed by atoms with Gasteiger partial charge in [-0.3, -0.25) is 14.3 Å². The van der Waals surface area contributed by atoms with Crippen molar-refractivity contribution in [1.82, 2.24) is 15.1 Å². The zero-order chi connectivity index (χ0) is 23.0. The number of nitrogens with one attached hydrogen (secondary N) is 1. The molecule has 0 bridgehead atoms. The lowest BCUT2D eigenvalue weighted by Gasteiger charge is -2.13. The van der Waals surface area contributed by atoms with Crippen LogP contribution in [0.15, 0.2) is 91.3 Å². The van der Waals surface area contributed by atoms with Crippen molar-refractivity contribution in [2.24, 2.45) is 5.73 Å². The molecule has 4 rings (SSSR count). The van der Waals surface area contributed by atoms with E-state index in [0.29, 0.717) is 24.4 Å². The highest BCUT2D eigenvalue weighted by Gasteiger charge is 2.14. The van der Waals surface area contributed by atoms with Crippen LogP contribution in [0.5, 0.6) is 5.75 Å². The third-order valence-corrected chi connectivity index (χ3v) is 5.13. The molecule has 0 saturated carbocycles. The number of rotatable bonds is 9. The smallest absolute Gasteiger partial charge is 0.255 e. The van der Waals surface area contributed by atoms with Crippen LogP contribution in [0, 0.1) is 0 Å². The molecule has 4 aromatic rings. The zero-order valence-corrected chi connectivity index (χ0v) is 18.0. The maximum atomic E-state index is 12.8. The van der Waals surface area contributed by atoms with E-state index in [1.165, 1.54) is 0 Å². The van der Waals surface area contributed by atoms with Gasteiger partial charge in [-0.2, -0.15) is 5.10 Å². The Bertz CT molecular complexity index is 1230. The Kier molecular flexibility index (Phi) is 6.80. The van der Waals surface area contributed by atoms with Crippen LogP contribution < -0.4 is 15.8 Å². The Morgan fingerprint density at radius 3 is 2.45 bits per heavy atom. The molecule has 0 radical (unpaired) electrons. The van der Waals surface area contributed by atoms with E-state index in [1.54, 1.807) is 30.5 Å². The lowest BCUT2D eigenvalue weighted by Crippen LogP contribution is -2.25. The number of carbonyl (C=O) groups excluding carboxylic acids is 2. The van der Waals surface area contributed by atoms with E-state index in [4.69, 9.17) is 10.5 Å². The highest BCUT2D eigenvalue weighted by molar-refractivity contribution is 5.97. The van der Waals surface area contributed by atoms with Crippen LogP contribution in [0.3, 0.4) is 0 Å². The van der Waals surface area contributed by atoms with Gasteiger partial charge in [-0.05, 0) is 40.5 Å². The van der Waals surface area contributed by atoms with E-state index in [-0.39, 0.29) is 12.5 Å². The minimum Gasteiger partial charge on any atom is -0.483 e. The number of aromatic nitrogens is 2. The van der Waals surface area contributed by atoms with Gasteiger partial charge in [-0.15, -0.1) is 0 Å². The van der Waals surface area contributed by atoms with E-state index in [0.717, 1.165) is 22.3 Å². The van der Waals surface area contributed by atoms with Crippen molar-refractivity contribution in [2.75, 3.05) is 6.61 Å². The van der Waals surface area contributed by atoms with E-state index in [9.17, 15) is 9.59 Å². The van der Waals surface area contributed by atoms with E-state index < -0.39 is 5.91 Å². The number of carbonyl (C=O) groups is 2. The molecule has 3 N–H and O–H groups in total. The highest BCUT2D eigenvalue weighted by atomic mass is 16.5. The summed E-state index contributed by atoms with van der Waals surface area (Å²) in [5.41, 5.74) is 9.74. The van der Waals surface area contributed by atoms with Gasteiger partial charge in [0.15, 0.2) is 6.61 Å². The Balaban J connectivity index is 1.46. The number of amides is 2. The fourth-order valence-electron chi connectivity index (χ4n) is 3.53. The molecule has 166 valence electrons. The maximum Gasteiger partial charge on any atom is 0.255 e. The minimum absolute atomic E-state index is 0.288. The summed E-state index contributed by atoms with van der Waals surface area (Å²) in [6.07, 6.45) is 3.70. The van der Waals surface area contributed by atoms with Crippen molar-refractivity contribution in [3.63, 3.8) is 0 Å². The minimum atomic E-state index is -0.602. The molecule has 0 aliphatic rings. The van der Waals surface area contributed by atoms with Crippen molar-refractivity contribution in [3.8, 4) is 16.9 Å². The second kappa shape index (κ2) is 10.3. The van der Waals surface area contributed by atoms with Crippen molar-refractivity contribution >= 4 is 11.8 Å². The summed E-state index contributed by atoms with van der Waals surface area (Å²) >= 11 is 0. The van der Waals surface area contributed by atoms with Gasteiger partial charge in [0.1, 0.15) is 5.75 Å². The SMILES string of the molecule is NC(=O)COc1ccccc1C(=O)NCc1ccccc1-c1ccc(Cn2cccn2)cc1. The molecule has 0 aliphatic heterocycles. The van der Waals surface area contributed by atoms with Crippen molar-refractivity contribution in [2.45, 2.75) is 13.1 Å². The second-order valence-corrected chi connectivity index (χ2v) is 7.49. The van der Waals surface area contributed by atoms with Crippen LogP contribution in [0.25, 0.3) is 11.1 Å². The highest BCUT2D eigenvalue weighted by Crippen LogP contribution is 2.25. The molecular weight excluding hydrogens is 416 g/mol. The van der Waals surface area contributed by atoms with Crippen LogP contribution in [-0.2, 0) is 17.9 Å². The number of hydrogen-bond acceptors (Lipinski definition) is 4. The summed E-state index contributed by atoms with van der Waals surface area (Å²) in [6.45, 7) is 0.764. The Morgan fingerprint density at radius 1 is 0.939 bits per heavy atom. The molecule has 7 heteroatoms. The zero-order valence-electron chi connectivity index (χ0n) is 18.0. The van der Waals surface area contributed by atoms with E-state index >= 15 is 0 Å². The van der Waals surface area contributed by atoms with Crippen molar-refractivity contribution in [3.05, 3.63) is 108 Å². The Morgan fingerprint density at radius 2 is 1.70 bits per heavy atom. The van der Waals surface area contributed by atoms with Gasteiger partial charge in [0.25, 0.3) is 11.8 Å². The molecule has 0 saturated heterocycles. The molecule has 3 aromatic carbocycles. The lowest BCUT2D eigenvalue weighted by atomic mass is 9.98. The summed E-state index contributed by atoms with van der Waals surface area (Å²) in [5, 5.41) is 7.19. The first-order valence-corrected chi connectivity index (χ1v) is 10.5.